The first-order valence-electron chi connectivity index (χ1n) is 9.01. The molecule has 2 bridgehead atoms. The second kappa shape index (κ2) is 5.96. The first kappa shape index (κ1) is 14.8. The zero-order chi connectivity index (χ0) is 14.3. The predicted molar refractivity (Wildman–Crippen MR) is 85.8 cm³/mol. The maximum atomic E-state index is 2.81. The van der Waals surface area contributed by atoms with Crippen molar-refractivity contribution < 1.29 is 0 Å². The molecule has 0 amide bonds. The van der Waals surface area contributed by atoms with Crippen LogP contribution in [0.2, 0.25) is 0 Å². The van der Waals surface area contributed by atoms with Crippen molar-refractivity contribution in [3.8, 4) is 0 Å². The molecule has 0 spiro atoms. The van der Waals surface area contributed by atoms with E-state index in [2.05, 4.69) is 37.5 Å². The number of likely N-dealkylation sites (tertiary alicyclic amines) is 1. The monoisotopic (exact) mass is 278 g/mol. The summed E-state index contributed by atoms with van der Waals surface area (Å²) < 4.78 is 0. The van der Waals surface area contributed by atoms with Crippen LogP contribution < -0.4 is 0 Å². The normalized spacial score (nSPS) is 36.6. The molecule has 0 aromatic rings. The highest BCUT2D eigenvalue weighted by Crippen LogP contribution is 2.49. The number of rotatable bonds is 4. The summed E-state index contributed by atoms with van der Waals surface area (Å²) in [5.41, 5.74) is 0. The summed E-state index contributed by atoms with van der Waals surface area (Å²) in [6, 6.07) is 0.741. The summed E-state index contributed by atoms with van der Waals surface area (Å²) in [6.45, 7) is 16.4. The van der Waals surface area contributed by atoms with Crippen LogP contribution in [0.15, 0.2) is 0 Å². The van der Waals surface area contributed by atoms with E-state index in [4.69, 9.17) is 0 Å². The van der Waals surface area contributed by atoms with Crippen LogP contribution in [-0.2, 0) is 0 Å². The van der Waals surface area contributed by atoms with E-state index in [1.54, 1.807) is 0 Å². The fourth-order valence-corrected chi connectivity index (χ4v) is 5.28. The van der Waals surface area contributed by atoms with Crippen LogP contribution in [0.3, 0.4) is 0 Å². The van der Waals surface area contributed by atoms with Crippen LogP contribution in [0.1, 0.15) is 47.0 Å². The van der Waals surface area contributed by atoms with Gasteiger partial charge in [0.1, 0.15) is 0 Å². The number of fused-ring (bicyclic) bond motifs is 2. The standard InChI is InChI=1S/C18H34N2/c1-13(2)18-16-9-17(18)12-19(11-16)10-15-5-7-20(8-6-15)14(3)4/h13-18H,5-12H2,1-4H3. The van der Waals surface area contributed by atoms with Gasteiger partial charge in [0.05, 0.1) is 0 Å². The lowest BCUT2D eigenvalue weighted by Crippen LogP contribution is -2.57. The van der Waals surface area contributed by atoms with E-state index in [0.29, 0.717) is 0 Å². The Bertz CT molecular complexity index is 305. The Kier molecular flexibility index (Phi) is 4.42. The molecule has 3 aliphatic heterocycles. The average molecular weight is 278 g/mol. The minimum atomic E-state index is 0.741. The van der Waals surface area contributed by atoms with E-state index in [0.717, 1.165) is 35.6 Å². The lowest BCUT2D eigenvalue weighted by molar-refractivity contribution is -0.0723. The molecule has 2 atom stereocenters. The molecule has 2 nitrogen and oxygen atoms in total. The maximum Gasteiger partial charge on any atom is 0.00385 e. The summed E-state index contributed by atoms with van der Waals surface area (Å²) in [6.07, 6.45) is 4.39. The Morgan fingerprint density at radius 2 is 1.55 bits per heavy atom. The number of hydrogen-bond donors (Lipinski definition) is 0. The molecule has 4 rings (SSSR count). The second-order valence-electron chi connectivity index (χ2n) is 8.37. The first-order chi connectivity index (χ1) is 9.54. The van der Waals surface area contributed by atoms with Crippen molar-refractivity contribution in [3.05, 3.63) is 0 Å². The van der Waals surface area contributed by atoms with Gasteiger partial charge >= 0.3 is 0 Å². The lowest BCUT2D eigenvalue weighted by Gasteiger charge is -2.56. The van der Waals surface area contributed by atoms with Gasteiger partial charge in [0, 0.05) is 25.7 Å². The highest BCUT2D eigenvalue weighted by Gasteiger charge is 2.47. The minimum Gasteiger partial charge on any atom is -0.302 e. The Morgan fingerprint density at radius 1 is 0.950 bits per heavy atom. The number of piperidine rings is 3. The highest BCUT2D eigenvalue weighted by molar-refractivity contribution is 4.98. The molecule has 4 aliphatic rings. The van der Waals surface area contributed by atoms with Crippen molar-refractivity contribution >= 4 is 0 Å². The third kappa shape index (κ3) is 2.92. The van der Waals surface area contributed by atoms with Crippen molar-refractivity contribution in [2.75, 3.05) is 32.7 Å². The molecule has 1 saturated carbocycles. The molecule has 0 N–H and O–H groups in total. The maximum absolute atomic E-state index is 2.81. The Hall–Kier alpha value is -0.0800. The molecule has 0 aromatic heterocycles. The van der Waals surface area contributed by atoms with E-state index in [-0.39, 0.29) is 0 Å². The van der Waals surface area contributed by atoms with Gasteiger partial charge in [0.2, 0.25) is 0 Å². The van der Waals surface area contributed by atoms with Crippen LogP contribution in [-0.4, -0.2) is 48.6 Å². The zero-order valence-electron chi connectivity index (χ0n) is 14.0. The van der Waals surface area contributed by atoms with Crippen LogP contribution in [0.25, 0.3) is 0 Å². The predicted octanol–water partition coefficient (Wildman–Crippen LogP) is 3.33. The SMILES string of the molecule is CC(C)C1C2CC1CN(CC1CCN(C(C)C)CC1)C2. The van der Waals surface area contributed by atoms with Gasteiger partial charge in [-0.3, -0.25) is 0 Å². The van der Waals surface area contributed by atoms with Gasteiger partial charge in [0.25, 0.3) is 0 Å². The molecule has 2 heteroatoms. The molecule has 2 unspecified atom stereocenters. The molecule has 20 heavy (non-hydrogen) atoms. The molecule has 0 radical (unpaired) electrons. The van der Waals surface area contributed by atoms with Crippen molar-refractivity contribution in [1.29, 1.82) is 0 Å². The van der Waals surface area contributed by atoms with E-state index in [1.165, 1.54) is 52.0 Å². The Balaban J connectivity index is 1.43. The minimum absolute atomic E-state index is 0.741. The summed E-state index contributed by atoms with van der Waals surface area (Å²) in [4.78, 5) is 5.46. The van der Waals surface area contributed by atoms with Gasteiger partial charge in [-0.15, -0.1) is 0 Å². The first-order valence-corrected chi connectivity index (χ1v) is 9.01. The number of hydrogen-bond acceptors (Lipinski definition) is 2. The summed E-state index contributed by atoms with van der Waals surface area (Å²) in [5.74, 6) is 5.00. The van der Waals surface area contributed by atoms with E-state index >= 15 is 0 Å². The van der Waals surface area contributed by atoms with E-state index < -0.39 is 0 Å². The average Bonchev–Trinajstić information content (AvgIpc) is 2.38. The van der Waals surface area contributed by atoms with Gasteiger partial charge in [-0.2, -0.15) is 0 Å². The molecular weight excluding hydrogens is 244 g/mol. The Morgan fingerprint density at radius 3 is 2.05 bits per heavy atom. The lowest BCUT2D eigenvalue weighted by atomic mass is 9.57. The third-order valence-electron chi connectivity index (χ3n) is 6.35. The second-order valence-corrected chi connectivity index (χ2v) is 8.37. The van der Waals surface area contributed by atoms with Crippen molar-refractivity contribution in [2.45, 2.75) is 53.0 Å². The summed E-state index contributed by atoms with van der Waals surface area (Å²) in [5, 5.41) is 0. The van der Waals surface area contributed by atoms with Crippen LogP contribution >= 0.6 is 0 Å². The fourth-order valence-electron chi connectivity index (χ4n) is 5.28. The molecule has 3 saturated heterocycles. The molecule has 116 valence electrons. The molecule has 3 heterocycles. The number of nitrogens with zero attached hydrogens (tertiary/aromatic N) is 2. The van der Waals surface area contributed by atoms with Gasteiger partial charge in [-0.25, -0.2) is 0 Å². The smallest absolute Gasteiger partial charge is 0.00385 e. The molecule has 4 fully saturated rings. The topological polar surface area (TPSA) is 6.48 Å². The van der Waals surface area contributed by atoms with Gasteiger partial charge < -0.3 is 9.80 Å². The third-order valence-corrected chi connectivity index (χ3v) is 6.35. The van der Waals surface area contributed by atoms with Crippen LogP contribution in [0.4, 0.5) is 0 Å². The Labute approximate surface area is 125 Å². The zero-order valence-corrected chi connectivity index (χ0v) is 14.0. The highest BCUT2D eigenvalue weighted by atomic mass is 15.2. The van der Waals surface area contributed by atoms with Gasteiger partial charge in [-0.05, 0) is 75.8 Å². The van der Waals surface area contributed by atoms with Gasteiger partial charge in [0.15, 0.2) is 0 Å². The van der Waals surface area contributed by atoms with E-state index in [9.17, 15) is 0 Å². The molecule has 1 aliphatic carbocycles. The van der Waals surface area contributed by atoms with Crippen molar-refractivity contribution in [2.24, 2.45) is 29.6 Å². The quantitative estimate of drug-likeness (QED) is 0.778. The van der Waals surface area contributed by atoms with Crippen LogP contribution in [0.5, 0.6) is 0 Å². The largest absolute Gasteiger partial charge is 0.302 e. The van der Waals surface area contributed by atoms with Crippen LogP contribution in [0, 0.1) is 29.6 Å². The summed E-state index contributed by atoms with van der Waals surface area (Å²) >= 11 is 0. The summed E-state index contributed by atoms with van der Waals surface area (Å²) in [7, 11) is 0. The van der Waals surface area contributed by atoms with E-state index in [1.807, 2.05) is 0 Å². The van der Waals surface area contributed by atoms with Gasteiger partial charge in [-0.1, -0.05) is 13.8 Å². The molecular formula is C18H34N2. The van der Waals surface area contributed by atoms with Crippen molar-refractivity contribution in [1.82, 2.24) is 9.80 Å². The fraction of sp³-hybridized carbons (Fsp3) is 1.00. The molecule has 0 aromatic carbocycles. The van der Waals surface area contributed by atoms with Crippen molar-refractivity contribution in [3.63, 3.8) is 0 Å².